The van der Waals surface area contributed by atoms with Gasteiger partial charge in [0, 0.05) is 4.47 Å². The van der Waals surface area contributed by atoms with E-state index in [4.69, 9.17) is 0 Å². The first-order valence-corrected chi connectivity index (χ1v) is 10.6. The minimum absolute atomic E-state index is 0.134. The van der Waals surface area contributed by atoms with Gasteiger partial charge in [0.2, 0.25) is 0 Å². The monoisotopic (exact) mass is 491 g/mol. The summed E-state index contributed by atoms with van der Waals surface area (Å²) in [5.41, 5.74) is -0.145. The van der Waals surface area contributed by atoms with Crippen molar-refractivity contribution < 1.29 is 19.0 Å². The molecule has 0 atom stereocenters. The maximum absolute atomic E-state index is 15.1. The van der Waals surface area contributed by atoms with Crippen molar-refractivity contribution in [2.24, 2.45) is 0 Å². The second-order valence-electron chi connectivity index (χ2n) is 7.43. The molecule has 6 heteroatoms. The first kappa shape index (κ1) is 20.3. The van der Waals surface area contributed by atoms with Crippen LogP contribution >= 0.6 is 15.9 Å². The summed E-state index contributed by atoms with van der Waals surface area (Å²) in [6.45, 7) is 0. The third-order valence-corrected chi connectivity index (χ3v) is 5.83. The maximum Gasteiger partial charge on any atom is 0.151 e. The fourth-order valence-corrected chi connectivity index (χ4v) is 4.31. The molecular formula is C26H16BrF2NO2. The van der Waals surface area contributed by atoms with E-state index in [-0.39, 0.29) is 27.3 Å². The van der Waals surface area contributed by atoms with Crippen LogP contribution in [0.2, 0.25) is 0 Å². The molecule has 3 nitrogen and oxygen atoms in total. The standard InChI is InChI=1S/C26H16BrF2NO2/c27-19-13-20(28)26(21(29)14-19)30(22-9-15-5-1-3-7-17(15)11-24(22)31)23-10-16-6-2-4-8-18(16)12-25(23)32/h1-14,31-32H. The van der Waals surface area contributed by atoms with E-state index in [1.165, 1.54) is 17.0 Å². The molecule has 0 bridgehead atoms. The molecule has 2 N–H and O–H groups in total. The average molecular weight is 492 g/mol. The van der Waals surface area contributed by atoms with Crippen LogP contribution < -0.4 is 4.90 Å². The third kappa shape index (κ3) is 3.42. The van der Waals surface area contributed by atoms with Gasteiger partial charge in [0.05, 0.1) is 11.4 Å². The second kappa shape index (κ2) is 7.80. The Morgan fingerprint density at radius 3 is 1.38 bits per heavy atom. The molecule has 0 heterocycles. The number of phenolic OH excluding ortho intramolecular Hbond substituents is 2. The number of hydrogen-bond donors (Lipinski definition) is 2. The predicted octanol–water partition coefficient (Wildman–Crippen LogP) is 7.91. The summed E-state index contributed by atoms with van der Waals surface area (Å²) in [6, 6.07) is 23.3. The first-order chi connectivity index (χ1) is 15.4. The molecule has 0 aromatic heterocycles. The lowest BCUT2D eigenvalue weighted by Crippen LogP contribution is -2.14. The summed E-state index contributed by atoms with van der Waals surface area (Å²) >= 11 is 3.11. The third-order valence-electron chi connectivity index (χ3n) is 5.37. The molecule has 0 radical (unpaired) electrons. The van der Waals surface area contributed by atoms with Gasteiger partial charge in [-0.1, -0.05) is 64.5 Å². The van der Waals surface area contributed by atoms with Gasteiger partial charge in [-0.25, -0.2) is 8.78 Å². The zero-order chi connectivity index (χ0) is 22.4. The van der Waals surface area contributed by atoms with Crippen molar-refractivity contribution in [3.63, 3.8) is 0 Å². The van der Waals surface area contributed by atoms with E-state index >= 15 is 8.78 Å². The van der Waals surface area contributed by atoms with Gasteiger partial charge in [-0.15, -0.1) is 0 Å². The summed E-state index contributed by atoms with van der Waals surface area (Å²) in [5.74, 6) is -2.06. The number of aromatic hydroxyl groups is 2. The van der Waals surface area contributed by atoms with Gasteiger partial charge in [-0.05, 0) is 57.9 Å². The van der Waals surface area contributed by atoms with Crippen LogP contribution in [-0.4, -0.2) is 10.2 Å². The molecule has 5 rings (SSSR count). The smallest absolute Gasteiger partial charge is 0.151 e. The lowest BCUT2D eigenvalue weighted by atomic mass is 10.0. The van der Waals surface area contributed by atoms with Gasteiger partial charge >= 0.3 is 0 Å². The van der Waals surface area contributed by atoms with Crippen LogP contribution in [0.4, 0.5) is 25.8 Å². The highest BCUT2D eigenvalue weighted by atomic mass is 79.9. The molecule has 0 saturated carbocycles. The Kier molecular flexibility index (Phi) is 4.94. The zero-order valence-corrected chi connectivity index (χ0v) is 18.1. The SMILES string of the molecule is Oc1cc2ccccc2cc1N(c1cc2ccccc2cc1O)c1c(F)cc(Br)cc1F. The molecule has 32 heavy (non-hydrogen) atoms. The Morgan fingerprint density at radius 1 is 0.594 bits per heavy atom. The summed E-state index contributed by atoms with van der Waals surface area (Å²) in [7, 11) is 0. The van der Waals surface area contributed by atoms with E-state index in [1.54, 1.807) is 12.1 Å². The number of rotatable bonds is 3. The highest BCUT2D eigenvalue weighted by Gasteiger charge is 2.26. The molecule has 0 aliphatic carbocycles. The lowest BCUT2D eigenvalue weighted by Gasteiger charge is -2.28. The minimum Gasteiger partial charge on any atom is -0.506 e. The van der Waals surface area contributed by atoms with Crippen LogP contribution in [0.5, 0.6) is 11.5 Å². The Balaban J connectivity index is 1.86. The molecule has 0 saturated heterocycles. The quantitative estimate of drug-likeness (QED) is 0.269. The fraction of sp³-hybridized carbons (Fsp3) is 0. The largest absolute Gasteiger partial charge is 0.506 e. The Morgan fingerprint density at radius 2 is 0.969 bits per heavy atom. The molecule has 0 aliphatic heterocycles. The van der Waals surface area contributed by atoms with Crippen molar-refractivity contribution in [1.29, 1.82) is 0 Å². The van der Waals surface area contributed by atoms with E-state index in [2.05, 4.69) is 15.9 Å². The molecule has 0 amide bonds. The van der Waals surface area contributed by atoms with Crippen molar-refractivity contribution in [2.45, 2.75) is 0 Å². The summed E-state index contributed by atoms with van der Waals surface area (Å²) in [4.78, 5) is 1.21. The van der Waals surface area contributed by atoms with Crippen LogP contribution in [0.25, 0.3) is 21.5 Å². The maximum atomic E-state index is 15.1. The van der Waals surface area contributed by atoms with Gasteiger partial charge in [-0.2, -0.15) is 0 Å². The first-order valence-electron chi connectivity index (χ1n) is 9.80. The molecule has 0 fully saturated rings. The number of halogens is 3. The van der Waals surface area contributed by atoms with Crippen LogP contribution in [-0.2, 0) is 0 Å². The van der Waals surface area contributed by atoms with Crippen molar-refractivity contribution >= 4 is 54.5 Å². The van der Waals surface area contributed by atoms with Crippen molar-refractivity contribution in [2.75, 3.05) is 4.90 Å². The van der Waals surface area contributed by atoms with Crippen LogP contribution in [0.15, 0.2) is 89.4 Å². The molecule has 5 aromatic carbocycles. The molecule has 0 spiro atoms. The van der Waals surface area contributed by atoms with Crippen molar-refractivity contribution in [3.8, 4) is 11.5 Å². The van der Waals surface area contributed by atoms with Crippen LogP contribution in [0.1, 0.15) is 0 Å². The average Bonchev–Trinajstić information content (AvgIpc) is 2.75. The Hall–Kier alpha value is -3.64. The zero-order valence-electron chi connectivity index (χ0n) is 16.6. The number of hydrogen-bond acceptors (Lipinski definition) is 3. The molecule has 0 unspecified atom stereocenters. The number of fused-ring (bicyclic) bond motifs is 2. The second-order valence-corrected chi connectivity index (χ2v) is 8.35. The summed E-state index contributed by atoms with van der Waals surface area (Å²) in [6.07, 6.45) is 0. The van der Waals surface area contributed by atoms with E-state index in [0.29, 0.717) is 0 Å². The van der Waals surface area contributed by atoms with Crippen molar-refractivity contribution in [1.82, 2.24) is 0 Å². The normalized spacial score (nSPS) is 11.2. The lowest BCUT2D eigenvalue weighted by molar-refractivity contribution is 0.473. The highest BCUT2D eigenvalue weighted by Crippen LogP contribution is 2.47. The van der Waals surface area contributed by atoms with E-state index < -0.39 is 17.3 Å². The van der Waals surface area contributed by atoms with Gasteiger partial charge in [-0.3, -0.25) is 4.90 Å². The molecule has 0 aliphatic rings. The van der Waals surface area contributed by atoms with Gasteiger partial charge in [0.25, 0.3) is 0 Å². The number of anilines is 3. The topological polar surface area (TPSA) is 43.7 Å². The van der Waals surface area contributed by atoms with E-state index in [1.807, 2.05) is 48.5 Å². The minimum atomic E-state index is -0.850. The van der Waals surface area contributed by atoms with Crippen molar-refractivity contribution in [3.05, 3.63) is 101 Å². The van der Waals surface area contributed by atoms with Gasteiger partial charge in [0.15, 0.2) is 11.6 Å². The fourth-order valence-electron chi connectivity index (χ4n) is 3.91. The van der Waals surface area contributed by atoms with Gasteiger partial charge < -0.3 is 10.2 Å². The van der Waals surface area contributed by atoms with E-state index in [9.17, 15) is 10.2 Å². The number of benzene rings is 5. The Labute approximate surface area is 190 Å². The van der Waals surface area contributed by atoms with Crippen LogP contribution in [0.3, 0.4) is 0 Å². The van der Waals surface area contributed by atoms with Gasteiger partial charge in [0.1, 0.15) is 17.2 Å². The molecule has 158 valence electrons. The molecule has 5 aromatic rings. The summed E-state index contributed by atoms with van der Waals surface area (Å²) < 4.78 is 30.5. The highest BCUT2D eigenvalue weighted by molar-refractivity contribution is 9.10. The number of nitrogens with zero attached hydrogens (tertiary/aromatic N) is 1. The number of phenols is 2. The Bertz CT molecular complexity index is 1390. The predicted molar refractivity (Wildman–Crippen MR) is 127 cm³/mol. The van der Waals surface area contributed by atoms with Crippen LogP contribution in [0, 0.1) is 11.6 Å². The molecular weight excluding hydrogens is 476 g/mol. The summed E-state index contributed by atoms with van der Waals surface area (Å²) in [5, 5.41) is 24.8. The van der Waals surface area contributed by atoms with E-state index in [0.717, 1.165) is 33.7 Å².